The molecular weight excluding hydrogens is 270 g/mol. The number of carbonyl (C=O) groups is 1. The summed E-state index contributed by atoms with van der Waals surface area (Å²) in [6, 6.07) is 5.65. The van der Waals surface area contributed by atoms with Crippen LogP contribution in [-0.2, 0) is 9.47 Å². The largest absolute Gasteiger partial charge is 0.449 e. The van der Waals surface area contributed by atoms with Crippen LogP contribution in [0.25, 0.3) is 0 Å². The van der Waals surface area contributed by atoms with Crippen molar-refractivity contribution in [2.24, 2.45) is 0 Å². The molecule has 1 saturated heterocycles. The second-order valence-corrected chi connectivity index (χ2v) is 4.94. The molecule has 1 aromatic rings. The number of nitrogens with zero attached hydrogens (tertiary/aromatic N) is 3. The van der Waals surface area contributed by atoms with Crippen LogP contribution in [0.3, 0.4) is 0 Å². The Bertz CT molecular complexity index is 461. The minimum absolute atomic E-state index is 0.344. The first-order chi connectivity index (χ1) is 10.2. The summed E-state index contributed by atoms with van der Waals surface area (Å²) in [5, 5.41) is 0. The van der Waals surface area contributed by atoms with Crippen LogP contribution >= 0.6 is 0 Å². The van der Waals surface area contributed by atoms with Gasteiger partial charge in [-0.05, 0) is 26.0 Å². The fourth-order valence-corrected chi connectivity index (χ4v) is 2.25. The molecule has 0 atom stereocenters. The standard InChI is InChI=1S/C15H23N3O3/c1-3-21-15(19)18(14-6-4-5-13(2)16-14)8-7-17-9-11-20-12-10-17/h4-6H,3,7-12H2,1-2H3. The van der Waals surface area contributed by atoms with Gasteiger partial charge in [0, 0.05) is 31.9 Å². The van der Waals surface area contributed by atoms with E-state index in [0.29, 0.717) is 19.0 Å². The molecule has 6 heteroatoms. The highest BCUT2D eigenvalue weighted by molar-refractivity contribution is 5.86. The maximum absolute atomic E-state index is 12.1. The second-order valence-electron chi connectivity index (χ2n) is 4.94. The third-order valence-corrected chi connectivity index (χ3v) is 3.38. The maximum Gasteiger partial charge on any atom is 0.415 e. The van der Waals surface area contributed by atoms with Crippen molar-refractivity contribution < 1.29 is 14.3 Å². The third kappa shape index (κ3) is 4.68. The Balaban J connectivity index is 2.03. The molecular formula is C15H23N3O3. The summed E-state index contributed by atoms with van der Waals surface area (Å²) in [7, 11) is 0. The summed E-state index contributed by atoms with van der Waals surface area (Å²) in [5.41, 5.74) is 0.883. The van der Waals surface area contributed by atoms with Crippen LogP contribution in [-0.4, -0.2) is 62.0 Å². The molecule has 21 heavy (non-hydrogen) atoms. The molecule has 1 amide bonds. The first-order valence-electron chi connectivity index (χ1n) is 7.38. The fraction of sp³-hybridized carbons (Fsp3) is 0.600. The van der Waals surface area contributed by atoms with Crippen molar-refractivity contribution in [2.45, 2.75) is 13.8 Å². The molecule has 0 bridgehead atoms. The average molecular weight is 293 g/mol. The topological polar surface area (TPSA) is 54.9 Å². The molecule has 2 rings (SSSR count). The number of amides is 1. The van der Waals surface area contributed by atoms with Crippen LogP contribution in [0, 0.1) is 6.92 Å². The number of aromatic nitrogens is 1. The minimum Gasteiger partial charge on any atom is -0.449 e. The Labute approximate surface area is 125 Å². The van der Waals surface area contributed by atoms with Crippen LogP contribution in [0.2, 0.25) is 0 Å². The Morgan fingerprint density at radius 2 is 2.19 bits per heavy atom. The number of anilines is 1. The highest BCUT2D eigenvalue weighted by Gasteiger charge is 2.20. The number of aryl methyl sites for hydroxylation is 1. The van der Waals surface area contributed by atoms with E-state index in [9.17, 15) is 4.79 Å². The van der Waals surface area contributed by atoms with Crippen molar-refractivity contribution in [3.05, 3.63) is 23.9 Å². The zero-order valence-corrected chi connectivity index (χ0v) is 12.7. The van der Waals surface area contributed by atoms with Crippen molar-refractivity contribution in [2.75, 3.05) is 50.9 Å². The van der Waals surface area contributed by atoms with Gasteiger partial charge in [0.1, 0.15) is 5.82 Å². The summed E-state index contributed by atoms with van der Waals surface area (Å²) < 4.78 is 10.5. The van der Waals surface area contributed by atoms with Gasteiger partial charge in [-0.3, -0.25) is 9.80 Å². The highest BCUT2D eigenvalue weighted by Crippen LogP contribution is 2.13. The number of morpholine rings is 1. The van der Waals surface area contributed by atoms with Crippen molar-refractivity contribution in [1.29, 1.82) is 0 Å². The van der Waals surface area contributed by atoms with E-state index >= 15 is 0 Å². The van der Waals surface area contributed by atoms with Gasteiger partial charge in [-0.2, -0.15) is 0 Å². The summed E-state index contributed by atoms with van der Waals surface area (Å²) in [6.45, 7) is 8.74. The first-order valence-corrected chi connectivity index (χ1v) is 7.38. The molecule has 0 radical (unpaired) electrons. The predicted molar refractivity (Wildman–Crippen MR) is 80.6 cm³/mol. The van der Waals surface area contributed by atoms with Crippen LogP contribution < -0.4 is 4.90 Å². The fourth-order valence-electron chi connectivity index (χ4n) is 2.25. The number of ether oxygens (including phenoxy) is 2. The van der Waals surface area contributed by atoms with E-state index in [-0.39, 0.29) is 6.09 Å². The summed E-state index contributed by atoms with van der Waals surface area (Å²) in [4.78, 5) is 20.5. The lowest BCUT2D eigenvalue weighted by atomic mass is 10.3. The molecule has 0 saturated carbocycles. The molecule has 0 aliphatic carbocycles. The molecule has 0 spiro atoms. The van der Waals surface area contributed by atoms with Crippen LogP contribution in [0.1, 0.15) is 12.6 Å². The second kappa shape index (κ2) is 7.95. The summed E-state index contributed by atoms with van der Waals surface area (Å²) >= 11 is 0. The Hall–Kier alpha value is -1.66. The number of carbonyl (C=O) groups excluding carboxylic acids is 1. The van der Waals surface area contributed by atoms with E-state index in [1.165, 1.54) is 0 Å². The zero-order valence-electron chi connectivity index (χ0n) is 12.7. The summed E-state index contributed by atoms with van der Waals surface area (Å²) in [6.07, 6.45) is -0.344. The van der Waals surface area contributed by atoms with E-state index in [2.05, 4.69) is 9.88 Å². The molecule has 0 aromatic carbocycles. The maximum atomic E-state index is 12.1. The lowest BCUT2D eigenvalue weighted by Gasteiger charge is -2.29. The van der Waals surface area contributed by atoms with Crippen molar-refractivity contribution >= 4 is 11.9 Å². The Morgan fingerprint density at radius 1 is 1.43 bits per heavy atom. The van der Waals surface area contributed by atoms with Gasteiger partial charge < -0.3 is 9.47 Å². The van der Waals surface area contributed by atoms with Crippen LogP contribution in [0.15, 0.2) is 18.2 Å². The smallest absolute Gasteiger partial charge is 0.415 e. The molecule has 1 aromatic heterocycles. The summed E-state index contributed by atoms with van der Waals surface area (Å²) in [5.74, 6) is 0.640. The third-order valence-electron chi connectivity index (χ3n) is 3.38. The van der Waals surface area contributed by atoms with Crippen LogP contribution in [0.5, 0.6) is 0 Å². The number of hydrogen-bond donors (Lipinski definition) is 0. The van der Waals surface area contributed by atoms with Gasteiger partial charge in [0.05, 0.1) is 19.8 Å². The van der Waals surface area contributed by atoms with Crippen molar-refractivity contribution in [3.63, 3.8) is 0 Å². The lowest BCUT2D eigenvalue weighted by Crippen LogP contribution is -2.43. The molecule has 0 N–H and O–H groups in total. The zero-order chi connectivity index (χ0) is 15.1. The number of rotatable bonds is 5. The van der Waals surface area contributed by atoms with Gasteiger partial charge in [-0.25, -0.2) is 9.78 Å². The molecule has 2 heterocycles. The Morgan fingerprint density at radius 3 is 2.86 bits per heavy atom. The molecule has 1 fully saturated rings. The molecule has 1 aliphatic rings. The van der Waals surface area contributed by atoms with Gasteiger partial charge in [0.25, 0.3) is 0 Å². The van der Waals surface area contributed by atoms with Gasteiger partial charge in [-0.15, -0.1) is 0 Å². The average Bonchev–Trinajstić information content (AvgIpc) is 2.49. The van der Waals surface area contributed by atoms with E-state index in [4.69, 9.17) is 9.47 Å². The van der Waals surface area contributed by atoms with E-state index < -0.39 is 0 Å². The molecule has 1 aliphatic heterocycles. The monoisotopic (exact) mass is 293 g/mol. The predicted octanol–water partition coefficient (Wildman–Crippen LogP) is 1.69. The number of pyridine rings is 1. The first kappa shape index (κ1) is 15.7. The molecule has 0 unspecified atom stereocenters. The van der Waals surface area contributed by atoms with Gasteiger partial charge in [0.15, 0.2) is 0 Å². The minimum atomic E-state index is -0.344. The quantitative estimate of drug-likeness (QED) is 0.827. The van der Waals surface area contributed by atoms with Gasteiger partial charge in [0.2, 0.25) is 0 Å². The lowest BCUT2D eigenvalue weighted by molar-refractivity contribution is 0.0390. The van der Waals surface area contributed by atoms with E-state index in [1.54, 1.807) is 4.90 Å². The van der Waals surface area contributed by atoms with E-state index in [0.717, 1.165) is 38.5 Å². The van der Waals surface area contributed by atoms with Crippen molar-refractivity contribution in [3.8, 4) is 0 Å². The highest BCUT2D eigenvalue weighted by atomic mass is 16.6. The van der Waals surface area contributed by atoms with Gasteiger partial charge in [-0.1, -0.05) is 6.07 Å². The normalized spacial score (nSPS) is 15.7. The molecule has 116 valence electrons. The van der Waals surface area contributed by atoms with E-state index in [1.807, 2.05) is 32.0 Å². The van der Waals surface area contributed by atoms with Crippen LogP contribution in [0.4, 0.5) is 10.6 Å². The number of hydrogen-bond acceptors (Lipinski definition) is 5. The van der Waals surface area contributed by atoms with Crippen molar-refractivity contribution in [1.82, 2.24) is 9.88 Å². The Kier molecular flexibility index (Phi) is 5.95. The van der Waals surface area contributed by atoms with Gasteiger partial charge >= 0.3 is 6.09 Å². The molecule has 6 nitrogen and oxygen atoms in total. The SMILES string of the molecule is CCOC(=O)N(CCN1CCOCC1)c1cccc(C)n1.